The van der Waals surface area contributed by atoms with Gasteiger partial charge in [0.15, 0.2) is 0 Å². The molecule has 0 aliphatic carbocycles. The molecule has 0 saturated carbocycles. The van der Waals surface area contributed by atoms with E-state index in [0.717, 1.165) is 11.3 Å². The number of imide groups is 3. The summed E-state index contributed by atoms with van der Waals surface area (Å²) >= 11 is 0. The first-order chi connectivity index (χ1) is 7.16. The fraction of sp³-hybridized carbons (Fsp3) is 0.545. The van der Waals surface area contributed by atoms with Crippen molar-refractivity contribution in [1.29, 1.82) is 0 Å². The minimum atomic E-state index is -0.355. The Kier molecular flexibility index (Phi) is 4.21. The largest absolute Gasteiger partial charge is 0.274 e. The lowest BCUT2D eigenvalue weighted by Gasteiger charge is -2.10. The van der Waals surface area contributed by atoms with Crippen molar-refractivity contribution in [1.82, 2.24) is 4.90 Å². The molecule has 0 aromatic carbocycles. The molecule has 1 fully saturated rings. The van der Waals surface area contributed by atoms with Gasteiger partial charge in [-0.3, -0.25) is 14.4 Å². The van der Waals surface area contributed by atoms with Crippen LogP contribution in [0.25, 0.3) is 0 Å². The second-order valence-electron chi connectivity index (χ2n) is 3.48. The molecule has 1 rings (SSSR count). The molecule has 0 aromatic rings. The quantitative estimate of drug-likeness (QED) is 0.399. The van der Waals surface area contributed by atoms with Gasteiger partial charge in [0.1, 0.15) is 0 Å². The Morgan fingerprint density at radius 1 is 1.33 bits per heavy atom. The Morgan fingerprint density at radius 3 is 2.47 bits per heavy atom. The summed E-state index contributed by atoms with van der Waals surface area (Å²) in [5.74, 6) is -1.06. The highest BCUT2D eigenvalue weighted by Crippen LogP contribution is 2.14. The first kappa shape index (κ1) is 11.6. The van der Waals surface area contributed by atoms with Crippen LogP contribution < -0.4 is 0 Å². The van der Waals surface area contributed by atoms with Crippen molar-refractivity contribution in [2.24, 2.45) is 0 Å². The second kappa shape index (κ2) is 5.44. The summed E-state index contributed by atoms with van der Waals surface area (Å²) in [6.07, 6.45) is 5.98. The lowest BCUT2D eigenvalue weighted by molar-refractivity contribution is -0.149. The molecule has 0 atom stereocenters. The number of rotatable bonds is 4. The van der Waals surface area contributed by atoms with Crippen LogP contribution >= 0.6 is 0 Å². The van der Waals surface area contributed by atoms with Crippen molar-refractivity contribution in [3.05, 3.63) is 12.2 Å². The van der Waals surface area contributed by atoms with Gasteiger partial charge >= 0.3 is 0 Å². The van der Waals surface area contributed by atoms with Crippen LogP contribution in [-0.4, -0.2) is 22.6 Å². The molecule has 0 spiro atoms. The molecule has 4 nitrogen and oxygen atoms in total. The van der Waals surface area contributed by atoms with E-state index in [1.165, 1.54) is 0 Å². The third kappa shape index (κ3) is 3.01. The number of hydrogen-bond acceptors (Lipinski definition) is 3. The van der Waals surface area contributed by atoms with Crippen LogP contribution in [0, 0.1) is 0 Å². The number of amides is 3. The van der Waals surface area contributed by atoms with Gasteiger partial charge in [-0.2, -0.15) is 0 Å². The highest BCUT2D eigenvalue weighted by molar-refractivity contribution is 6.14. The van der Waals surface area contributed by atoms with E-state index in [-0.39, 0.29) is 37.0 Å². The Bertz CT molecular complexity index is 291. The van der Waals surface area contributed by atoms with Gasteiger partial charge in [-0.15, -0.1) is 0 Å². The highest BCUT2D eigenvalue weighted by Gasteiger charge is 2.33. The lowest BCUT2D eigenvalue weighted by Crippen LogP contribution is -2.35. The van der Waals surface area contributed by atoms with E-state index in [2.05, 4.69) is 0 Å². The predicted octanol–water partition coefficient (Wildman–Crippen LogP) is 1.41. The van der Waals surface area contributed by atoms with Crippen LogP contribution in [0.4, 0.5) is 0 Å². The minimum absolute atomic E-state index is 0.180. The fourth-order valence-electron chi connectivity index (χ4n) is 1.50. The van der Waals surface area contributed by atoms with E-state index >= 15 is 0 Å². The van der Waals surface area contributed by atoms with Crippen molar-refractivity contribution >= 4 is 17.7 Å². The van der Waals surface area contributed by atoms with Gasteiger partial charge in [-0.1, -0.05) is 12.2 Å². The maximum atomic E-state index is 11.5. The number of hydrogen-bond donors (Lipinski definition) is 0. The molecule has 0 aromatic heterocycles. The molecule has 0 N–H and O–H groups in total. The van der Waals surface area contributed by atoms with Crippen LogP contribution in [0.5, 0.6) is 0 Å². The van der Waals surface area contributed by atoms with Crippen LogP contribution in [0.2, 0.25) is 0 Å². The van der Waals surface area contributed by atoms with Gasteiger partial charge in [0.2, 0.25) is 17.7 Å². The van der Waals surface area contributed by atoms with Gasteiger partial charge in [0.25, 0.3) is 0 Å². The zero-order valence-electron chi connectivity index (χ0n) is 8.86. The summed E-state index contributed by atoms with van der Waals surface area (Å²) in [6.45, 7) is 1.91. The SMILES string of the molecule is C/C=C\CCCC(=O)N1C(=O)CCC1=O. The van der Waals surface area contributed by atoms with Crippen molar-refractivity contribution < 1.29 is 14.4 Å². The van der Waals surface area contributed by atoms with E-state index in [4.69, 9.17) is 0 Å². The van der Waals surface area contributed by atoms with Crippen molar-refractivity contribution in [2.45, 2.75) is 39.0 Å². The molecule has 1 heterocycles. The number of carbonyl (C=O) groups excluding carboxylic acids is 3. The van der Waals surface area contributed by atoms with Gasteiger partial charge in [-0.05, 0) is 19.8 Å². The van der Waals surface area contributed by atoms with Gasteiger partial charge in [0, 0.05) is 19.3 Å². The average molecular weight is 209 g/mol. The molecule has 1 saturated heterocycles. The van der Waals surface area contributed by atoms with E-state index in [1.807, 2.05) is 19.1 Å². The van der Waals surface area contributed by atoms with E-state index < -0.39 is 0 Å². The Morgan fingerprint density at radius 2 is 1.93 bits per heavy atom. The summed E-state index contributed by atoms with van der Waals surface area (Å²) in [5, 5.41) is 0. The van der Waals surface area contributed by atoms with Crippen molar-refractivity contribution in [3.8, 4) is 0 Å². The fourth-order valence-corrected chi connectivity index (χ4v) is 1.50. The van der Waals surface area contributed by atoms with E-state index in [0.29, 0.717) is 6.42 Å². The molecule has 82 valence electrons. The third-order valence-electron chi connectivity index (χ3n) is 2.30. The monoisotopic (exact) mass is 209 g/mol. The molecule has 3 amide bonds. The summed E-state index contributed by atoms with van der Waals surface area (Å²) in [5.41, 5.74) is 0. The predicted molar refractivity (Wildman–Crippen MR) is 54.8 cm³/mol. The standard InChI is InChI=1S/C11H15NO3/c1-2-3-4-5-6-9(13)12-10(14)7-8-11(12)15/h2-3H,4-8H2,1H3/b3-2-. The first-order valence-corrected chi connectivity index (χ1v) is 5.16. The van der Waals surface area contributed by atoms with Crippen molar-refractivity contribution in [2.75, 3.05) is 0 Å². The molecule has 0 bridgehead atoms. The molecular weight excluding hydrogens is 194 g/mol. The molecular formula is C11H15NO3. The Labute approximate surface area is 88.9 Å². The number of carbonyl (C=O) groups is 3. The van der Waals surface area contributed by atoms with Gasteiger partial charge in [-0.25, -0.2) is 4.90 Å². The Balaban J connectivity index is 2.39. The lowest BCUT2D eigenvalue weighted by atomic mass is 10.2. The van der Waals surface area contributed by atoms with Crippen LogP contribution in [-0.2, 0) is 14.4 Å². The number of nitrogens with zero attached hydrogens (tertiary/aromatic N) is 1. The molecule has 1 aliphatic heterocycles. The normalized spacial score (nSPS) is 16.7. The minimum Gasteiger partial charge on any atom is -0.274 e. The number of allylic oxidation sites excluding steroid dienone is 2. The summed E-state index contributed by atoms with van der Waals surface area (Å²) in [6, 6.07) is 0. The van der Waals surface area contributed by atoms with E-state index in [9.17, 15) is 14.4 Å². The number of likely N-dealkylation sites (tertiary alicyclic amines) is 1. The zero-order chi connectivity index (χ0) is 11.3. The van der Waals surface area contributed by atoms with Crippen molar-refractivity contribution in [3.63, 3.8) is 0 Å². The van der Waals surface area contributed by atoms with Gasteiger partial charge in [0.05, 0.1) is 0 Å². The summed E-state index contributed by atoms with van der Waals surface area (Å²) < 4.78 is 0. The molecule has 1 aliphatic rings. The topological polar surface area (TPSA) is 54.5 Å². The highest BCUT2D eigenvalue weighted by atomic mass is 16.2. The third-order valence-corrected chi connectivity index (χ3v) is 2.30. The second-order valence-corrected chi connectivity index (χ2v) is 3.48. The molecule has 0 unspecified atom stereocenters. The average Bonchev–Trinajstić information content (AvgIpc) is 2.53. The summed E-state index contributed by atoms with van der Waals surface area (Å²) in [7, 11) is 0. The van der Waals surface area contributed by atoms with Crippen LogP contribution in [0.1, 0.15) is 39.0 Å². The zero-order valence-corrected chi connectivity index (χ0v) is 8.86. The Hall–Kier alpha value is -1.45. The number of unbranched alkanes of at least 4 members (excludes halogenated alkanes) is 1. The summed E-state index contributed by atoms with van der Waals surface area (Å²) in [4.78, 5) is 34.7. The maximum absolute atomic E-state index is 11.5. The maximum Gasteiger partial charge on any atom is 0.236 e. The van der Waals surface area contributed by atoms with Crippen LogP contribution in [0.3, 0.4) is 0 Å². The smallest absolute Gasteiger partial charge is 0.236 e. The first-order valence-electron chi connectivity index (χ1n) is 5.16. The van der Waals surface area contributed by atoms with Crippen LogP contribution in [0.15, 0.2) is 12.2 Å². The van der Waals surface area contributed by atoms with E-state index in [1.54, 1.807) is 0 Å². The molecule has 4 heteroatoms. The van der Waals surface area contributed by atoms with Gasteiger partial charge < -0.3 is 0 Å². The molecule has 0 radical (unpaired) electrons. The molecule has 15 heavy (non-hydrogen) atoms.